The molecule has 1 aromatic carbocycles. The predicted octanol–water partition coefficient (Wildman–Crippen LogP) is 4.46. The Kier molecular flexibility index (Phi) is 3.10. The number of halogens is 2. The third-order valence-electron chi connectivity index (χ3n) is 3.26. The van der Waals surface area contributed by atoms with Gasteiger partial charge in [0.1, 0.15) is 5.76 Å². The van der Waals surface area contributed by atoms with Crippen molar-refractivity contribution in [1.82, 2.24) is 4.90 Å². The van der Waals surface area contributed by atoms with Crippen molar-refractivity contribution in [2.75, 3.05) is 20.1 Å². The molecule has 0 N–H and O–H groups in total. The molecule has 0 atom stereocenters. The quantitative estimate of drug-likeness (QED) is 0.767. The van der Waals surface area contributed by atoms with E-state index >= 15 is 0 Å². The van der Waals surface area contributed by atoms with Crippen LogP contribution < -0.4 is 0 Å². The summed E-state index contributed by atoms with van der Waals surface area (Å²) >= 11 is 12.1. The Bertz CT molecular complexity index is 630. The Hall–Kier alpha value is -0.960. The van der Waals surface area contributed by atoms with Crippen LogP contribution in [-0.2, 0) is 0 Å². The third-order valence-corrected chi connectivity index (χ3v) is 3.76. The van der Waals surface area contributed by atoms with Crippen molar-refractivity contribution in [2.45, 2.75) is 6.42 Å². The number of nitrogens with zero attached hydrogens (tertiary/aromatic N) is 1. The molecule has 1 aromatic heterocycles. The van der Waals surface area contributed by atoms with Gasteiger partial charge in [0.15, 0.2) is 5.58 Å². The molecule has 0 bridgehead atoms. The number of furan rings is 1. The number of rotatable bonds is 1. The first-order valence-corrected chi connectivity index (χ1v) is 6.65. The predicted molar refractivity (Wildman–Crippen MR) is 76.3 cm³/mol. The number of hydrogen-bond acceptors (Lipinski definition) is 2. The van der Waals surface area contributed by atoms with Crippen LogP contribution in [0.25, 0.3) is 16.5 Å². The molecule has 0 aliphatic carbocycles. The summed E-state index contributed by atoms with van der Waals surface area (Å²) in [6.07, 6.45) is 3.21. The van der Waals surface area contributed by atoms with E-state index in [1.807, 2.05) is 12.1 Å². The molecule has 1 aliphatic rings. The highest BCUT2D eigenvalue weighted by atomic mass is 35.5. The summed E-state index contributed by atoms with van der Waals surface area (Å²) in [6, 6.07) is 5.61. The van der Waals surface area contributed by atoms with Crippen molar-refractivity contribution in [3.63, 3.8) is 0 Å². The molecular formula is C14H13Cl2NO. The second-order valence-electron chi connectivity index (χ2n) is 4.66. The molecule has 2 aromatic rings. The molecule has 0 radical (unpaired) electrons. The number of fused-ring (bicyclic) bond motifs is 1. The largest absolute Gasteiger partial charge is 0.455 e. The lowest BCUT2D eigenvalue weighted by atomic mass is 10.1. The Morgan fingerprint density at radius 1 is 1.22 bits per heavy atom. The summed E-state index contributed by atoms with van der Waals surface area (Å²) in [5.74, 6) is 0.905. The fourth-order valence-electron chi connectivity index (χ4n) is 2.23. The van der Waals surface area contributed by atoms with E-state index in [4.69, 9.17) is 27.6 Å². The van der Waals surface area contributed by atoms with Crippen LogP contribution in [0.2, 0.25) is 10.0 Å². The van der Waals surface area contributed by atoms with E-state index < -0.39 is 0 Å². The summed E-state index contributed by atoms with van der Waals surface area (Å²) in [5, 5.41) is 2.16. The molecule has 0 fully saturated rings. The van der Waals surface area contributed by atoms with E-state index in [-0.39, 0.29) is 0 Å². The average Bonchev–Trinajstić information content (AvgIpc) is 2.74. The lowest BCUT2D eigenvalue weighted by molar-refractivity contribution is 0.368. The first-order chi connectivity index (χ1) is 8.63. The van der Waals surface area contributed by atoms with Crippen LogP contribution in [0.1, 0.15) is 12.2 Å². The van der Waals surface area contributed by atoms with E-state index in [1.54, 1.807) is 6.07 Å². The van der Waals surface area contributed by atoms with Crippen LogP contribution in [0.15, 0.2) is 28.7 Å². The maximum atomic E-state index is 6.13. The lowest BCUT2D eigenvalue weighted by Crippen LogP contribution is -2.23. The number of likely N-dealkylation sites (N-methyl/N-ethyl adjacent to an activating group) is 1. The molecule has 4 heteroatoms. The van der Waals surface area contributed by atoms with Crippen LogP contribution in [-0.4, -0.2) is 25.0 Å². The van der Waals surface area contributed by atoms with Crippen LogP contribution in [0, 0.1) is 0 Å². The van der Waals surface area contributed by atoms with Crippen LogP contribution in [0.3, 0.4) is 0 Å². The second-order valence-corrected chi connectivity index (χ2v) is 5.50. The molecule has 1 aliphatic heterocycles. The van der Waals surface area contributed by atoms with Crippen molar-refractivity contribution in [2.24, 2.45) is 0 Å². The monoisotopic (exact) mass is 281 g/mol. The van der Waals surface area contributed by atoms with Gasteiger partial charge >= 0.3 is 0 Å². The molecule has 3 rings (SSSR count). The summed E-state index contributed by atoms with van der Waals surface area (Å²) in [4.78, 5) is 2.27. The van der Waals surface area contributed by atoms with Crippen LogP contribution in [0.4, 0.5) is 0 Å². The minimum atomic E-state index is 0.567. The number of hydrogen-bond donors (Lipinski definition) is 0. The van der Waals surface area contributed by atoms with Crippen LogP contribution >= 0.6 is 23.2 Å². The van der Waals surface area contributed by atoms with Crippen molar-refractivity contribution in [1.29, 1.82) is 0 Å². The molecule has 18 heavy (non-hydrogen) atoms. The highest BCUT2D eigenvalue weighted by Gasteiger charge is 2.15. The van der Waals surface area contributed by atoms with Gasteiger partial charge in [0.05, 0.1) is 5.02 Å². The van der Waals surface area contributed by atoms with E-state index in [0.717, 1.165) is 36.2 Å². The Morgan fingerprint density at radius 2 is 2.06 bits per heavy atom. The van der Waals surface area contributed by atoms with Gasteiger partial charge in [-0.15, -0.1) is 0 Å². The fourth-order valence-corrected chi connectivity index (χ4v) is 2.78. The van der Waals surface area contributed by atoms with Crippen molar-refractivity contribution in [3.8, 4) is 0 Å². The van der Waals surface area contributed by atoms with Crippen LogP contribution in [0.5, 0.6) is 0 Å². The molecule has 0 saturated heterocycles. The van der Waals surface area contributed by atoms with Crippen molar-refractivity contribution >= 4 is 39.7 Å². The molecule has 0 spiro atoms. The van der Waals surface area contributed by atoms with Gasteiger partial charge in [-0.3, -0.25) is 0 Å². The van der Waals surface area contributed by atoms with E-state index in [0.29, 0.717) is 10.0 Å². The average molecular weight is 282 g/mol. The maximum Gasteiger partial charge on any atom is 0.153 e. The minimum absolute atomic E-state index is 0.567. The Labute approximate surface area is 116 Å². The Balaban J connectivity index is 2.06. The minimum Gasteiger partial charge on any atom is -0.455 e. The first kappa shape index (κ1) is 12.1. The normalized spacial score (nSPS) is 17.2. The highest BCUT2D eigenvalue weighted by Crippen LogP contribution is 2.34. The molecule has 0 saturated carbocycles. The highest BCUT2D eigenvalue weighted by molar-refractivity contribution is 6.38. The number of benzene rings is 1. The fraction of sp³-hybridized carbons (Fsp3) is 0.286. The third kappa shape index (κ3) is 2.16. The summed E-state index contributed by atoms with van der Waals surface area (Å²) < 4.78 is 5.85. The van der Waals surface area contributed by atoms with E-state index in [2.05, 4.69) is 18.0 Å². The van der Waals surface area contributed by atoms with Crippen molar-refractivity contribution in [3.05, 3.63) is 40.1 Å². The molecule has 2 heterocycles. The Morgan fingerprint density at radius 3 is 2.78 bits per heavy atom. The summed E-state index contributed by atoms with van der Waals surface area (Å²) in [7, 11) is 2.11. The first-order valence-electron chi connectivity index (χ1n) is 5.90. The van der Waals surface area contributed by atoms with Gasteiger partial charge in [0.25, 0.3) is 0 Å². The maximum absolute atomic E-state index is 6.13. The van der Waals surface area contributed by atoms with Gasteiger partial charge in [0, 0.05) is 23.5 Å². The molecule has 94 valence electrons. The van der Waals surface area contributed by atoms with E-state index in [9.17, 15) is 0 Å². The zero-order chi connectivity index (χ0) is 12.7. The van der Waals surface area contributed by atoms with Gasteiger partial charge in [-0.1, -0.05) is 29.3 Å². The van der Waals surface area contributed by atoms with Gasteiger partial charge in [-0.2, -0.15) is 0 Å². The van der Waals surface area contributed by atoms with Gasteiger partial charge in [-0.25, -0.2) is 0 Å². The lowest BCUT2D eigenvalue weighted by Gasteiger charge is -2.20. The van der Waals surface area contributed by atoms with Gasteiger partial charge < -0.3 is 9.32 Å². The zero-order valence-electron chi connectivity index (χ0n) is 10.0. The van der Waals surface area contributed by atoms with Gasteiger partial charge in [0.2, 0.25) is 0 Å². The SMILES string of the molecule is CN1CC=C(c2cc3cc(Cl)cc(Cl)c3o2)CC1. The van der Waals surface area contributed by atoms with E-state index in [1.165, 1.54) is 5.57 Å². The molecule has 2 nitrogen and oxygen atoms in total. The smallest absolute Gasteiger partial charge is 0.153 e. The van der Waals surface area contributed by atoms with Gasteiger partial charge in [-0.05, 0) is 37.2 Å². The molecule has 0 unspecified atom stereocenters. The summed E-state index contributed by atoms with van der Waals surface area (Å²) in [5.41, 5.74) is 1.97. The standard InChI is InChI=1S/C14H13Cl2NO/c1-17-4-2-9(3-5-17)13-7-10-6-11(15)8-12(16)14(10)18-13/h2,6-8H,3-5H2,1H3. The second kappa shape index (κ2) is 4.61. The molecular weight excluding hydrogens is 269 g/mol. The summed E-state index contributed by atoms with van der Waals surface area (Å²) in [6.45, 7) is 2.01. The van der Waals surface area contributed by atoms with Crippen molar-refractivity contribution < 1.29 is 4.42 Å². The topological polar surface area (TPSA) is 16.4 Å². The zero-order valence-corrected chi connectivity index (χ0v) is 11.6. The molecule has 0 amide bonds.